The van der Waals surface area contributed by atoms with Gasteiger partial charge in [0.2, 0.25) is 6.79 Å². The van der Waals surface area contributed by atoms with Crippen molar-refractivity contribution >= 4 is 23.3 Å². The second-order valence-corrected chi connectivity index (χ2v) is 8.30. The summed E-state index contributed by atoms with van der Waals surface area (Å²) in [5.41, 5.74) is 2.40. The number of hydrogen-bond donors (Lipinski definition) is 0. The van der Waals surface area contributed by atoms with Gasteiger partial charge in [-0.2, -0.15) is 0 Å². The molecular weight excluding hydrogens is 412 g/mol. The Labute approximate surface area is 186 Å². The summed E-state index contributed by atoms with van der Waals surface area (Å²) in [6.45, 7) is 3.98. The zero-order chi connectivity index (χ0) is 21.0. The first-order chi connectivity index (χ1) is 15.3. The molecule has 0 N–H and O–H groups in total. The maximum Gasteiger partial charge on any atom is 0.231 e. The summed E-state index contributed by atoms with van der Waals surface area (Å²) in [6, 6.07) is 14.3. The average Bonchev–Trinajstić information content (AvgIpc) is 3.31. The fourth-order valence-electron chi connectivity index (χ4n) is 3.79. The number of rotatable bonds is 6. The molecule has 2 aliphatic rings. The molecule has 1 saturated heterocycles. The molecule has 2 aliphatic heterocycles. The van der Waals surface area contributed by atoms with Gasteiger partial charge in [0.1, 0.15) is 10.8 Å². The van der Waals surface area contributed by atoms with Gasteiger partial charge in [0.05, 0.1) is 7.11 Å². The molecule has 0 spiro atoms. The molecule has 3 aromatic rings. The zero-order valence-corrected chi connectivity index (χ0v) is 18.2. The number of ether oxygens (including phenoxy) is 3. The van der Waals surface area contributed by atoms with Crippen LogP contribution in [-0.2, 0) is 5.75 Å². The summed E-state index contributed by atoms with van der Waals surface area (Å²) >= 11 is 1.70. The number of fused-ring (bicyclic) bond motifs is 1. The first-order valence-electron chi connectivity index (χ1n) is 10.3. The van der Waals surface area contributed by atoms with Gasteiger partial charge < -0.3 is 24.0 Å². The minimum Gasteiger partial charge on any atom is -0.497 e. The highest BCUT2D eigenvalue weighted by Gasteiger charge is 2.21. The van der Waals surface area contributed by atoms with E-state index in [1.54, 1.807) is 31.3 Å². The molecule has 1 aromatic heterocycles. The highest BCUT2D eigenvalue weighted by molar-refractivity contribution is 7.98. The lowest BCUT2D eigenvalue weighted by molar-refractivity contribution is 0.174. The number of thioether (sulfide) groups is 1. The lowest BCUT2D eigenvalue weighted by Gasteiger charge is -2.37. The predicted molar refractivity (Wildman–Crippen MR) is 122 cm³/mol. The van der Waals surface area contributed by atoms with Crippen LogP contribution in [0.4, 0.5) is 11.5 Å². The van der Waals surface area contributed by atoms with Crippen LogP contribution >= 0.6 is 11.8 Å². The van der Waals surface area contributed by atoms with Crippen molar-refractivity contribution in [1.82, 2.24) is 9.97 Å². The van der Waals surface area contributed by atoms with Crippen LogP contribution in [-0.4, -0.2) is 50.0 Å². The molecule has 0 radical (unpaired) electrons. The third-order valence-electron chi connectivity index (χ3n) is 5.48. The molecule has 5 rings (SSSR count). The van der Waals surface area contributed by atoms with Crippen molar-refractivity contribution in [2.75, 3.05) is 49.9 Å². The van der Waals surface area contributed by atoms with Gasteiger partial charge in [0.15, 0.2) is 17.3 Å². The van der Waals surface area contributed by atoms with Crippen LogP contribution in [0.5, 0.6) is 17.2 Å². The van der Waals surface area contributed by atoms with Gasteiger partial charge in [-0.25, -0.2) is 9.97 Å². The molecule has 0 amide bonds. The topological polar surface area (TPSA) is 60.0 Å². The van der Waals surface area contributed by atoms with E-state index in [2.05, 4.69) is 38.0 Å². The lowest BCUT2D eigenvalue weighted by atomic mass is 10.2. The Morgan fingerprint density at radius 1 is 0.903 bits per heavy atom. The smallest absolute Gasteiger partial charge is 0.231 e. The van der Waals surface area contributed by atoms with E-state index in [0.29, 0.717) is 6.79 Å². The third-order valence-corrected chi connectivity index (χ3v) is 6.51. The van der Waals surface area contributed by atoms with Gasteiger partial charge in [0.25, 0.3) is 0 Å². The number of anilines is 2. The van der Waals surface area contributed by atoms with E-state index in [-0.39, 0.29) is 0 Å². The Morgan fingerprint density at radius 2 is 1.65 bits per heavy atom. The van der Waals surface area contributed by atoms with Gasteiger partial charge in [-0.3, -0.25) is 0 Å². The minimum atomic E-state index is 0.294. The highest BCUT2D eigenvalue weighted by Crippen LogP contribution is 2.35. The third kappa shape index (κ3) is 4.34. The molecule has 0 atom stereocenters. The monoisotopic (exact) mass is 436 g/mol. The first kappa shape index (κ1) is 19.8. The van der Waals surface area contributed by atoms with E-state index in [4.69, 9.17) is 14.2 Å². The average molecular weight is 437 g/mol. The van der Waals surface area contributed by atoms with Crippen molar-refractivity contribution in [1.29, 1.82) is 0 Å². The van der Waals surface area contributed by atoms with E-state index < -0.39 is 0 Å². The molecule has 8 heteroatoms. The maximum atomic E-state index is 5.49. The van der Waals surface area contributed by atoms with Gasteiger partial charge in [-0.05, 0) is 42.0 Å². The highest BCUT2D eigenvalue weighted by atomic mass is 32.2. The Kier molecular flexibility index (Phi) is 5.71. The number of hydrogen-bond acceptors (Lipinski definition) is 8. The Bertz CT molecular complexity index is 1040. The summed E-state index contributed by atoms with van der Waals surface area (Å²) < 4.78 is 16.2. The second kappa shape index (κ2) is 8.93. The lowest BCUT2D eigenvalue weighted by Crippen LogP contribution is -2.47. The maximum absolute atomic E-state index is 5.49. The van der Waals surface area contributed by atoms with Crippen molar-refractivity contribution in [3.63, 3.8) is 0 Å². The van der Waals surface area contributed by atoms with E-state index in [9.17, 15) is 0 Å². The van der Waals surface area contributed by atoms with Crippen molar-refractivity contribution in [3.05, 3.63) is 60.4 Å². The van der Waals surface area contributed by atoms with Crippen LogP contribution in [0.3, 0.4) is 0 Å². The van der Waals surface area contributed by atoms with Crippen LogP contribution < -0.4 is 24.0 Å². The van der Waals surface area contributed by atoms with Crippen molar-refractivity contribution in [2.24, 2.45) is 0 Å². The standard InChI is InChI=1S/C23H24N4O3S/c1-28-19-5-3-18(4-6-19)26-10-12-27(13-11-26)22-23(25-9-8-24-22)31-15-17-2-7-20-21(14-17)30-16-29-20/h2-9,14H,10-13,15-16H2,1H3. The molecule has 0 bridgehead atoms. The Morgan fingerprint density at radius 3 is 2.45 bits per heavy atom. The van der Waals surface area contributed by atoms with Crippen molar-refractivity contribution in [2.45, 2.75) is 10.8 Å². The molecule has 1 fully saturated rings. The molecule has 0 saturated carbocycles. The fourth-order valence-corrected chi connectivity index (χ4v) is 4.72. The Hall–Kier alpha value is -3.13. The normalized spacial score (nSPS) is 15.3. The van der Waals surface area contributed by atoms with Crippen LogP contribution in [0.25, 0.3) is 0 Å². The SMILES string of the molecule is COc1ccc(N2CCN(c3nccnc3SCc3ccc4c(c3)OCO4)CC2)cc1. The summed E-state index contributed by atoms with van der Waals surface area (Å²) in [5.74, 6) is 4.26. The number of methoxy groups -OCH3 is 1. The van der Waals surface area contributed by atoms with Crippen LogP contribution in [0, 0.1) is 0 Å². The predicted octanol–water partition coefficient (Wildman–Crippen LogP) is 3.83. The van der Waals surface area contributed by atoms with E-state index in [1.165, 1.54) is 11.3 Å². The molecule has 7 nitrogen and oxygen atoms in total. The van der Waals surface area contributed by atoms with Gasteiger partial charge >= 0.3 is 0 Å². The Balaban J connectivity index is 1.23. The van der Waals surface area contributed by atoms with Crippen molar-refractivity contribution in [3.8, 4) is 17.2 Å². The molecule has 0 unspecified atom stereocenters. The molecule has 3 heterocycles. The molecular formula is C23H24N4O3S. The summed E-state index contributed by atoms with van der Waals surface area (Å²) in [6.07, 6.45) is 3.54. The molecule has 31 heavy (non-hydrogen) atoms. The zero-order valence-electron chi connectivity index (χ0n) is 17.4. The fraction of sp³-hybridized carbons (Fsp3) is 0.304. The summed E-state index contributed by atoms with van der Waals surface area (Å²) in [4.78, 5) is 14.0. The molecule has 160 valence electrons. The number of nitrogens with zero attached hydrogens (tertiary/aromatic N) is 4. The van der Waals surface area contributed by atoms with Gasteiger partial charge in [0, 0.05) is 50.0 Å². The van der Waals surface area contributed by atoms with E-state index >= 15 is 0 Å². The summed E-state index contributed by atoms with van der Waals surface area (Å²) in [5, 5.41) is 0.957. The largest absolute Gasteiger partial charge is 0.497 e. The van der Waals surface area contributed by atoms with E-state index in [0.717, 1.165) is 60.0 Å². The molecule has 2 aromatic carbocycles. The summed E-state index contributed by atoms with van der Waals surface area (Å²) in [7, 11) is 1.69. The molecule has 0 aliphatic carbocycles. The van der Waals surface area contributed by atoms with Gasteiger partial charge in [-0.15, -0.1) is 0 Å². The first-order valence-corrected chi connectivity index (χ1v) is 11.2. The van der Waals surface area contributed by atoms with Crippen molar-refractivity contribution < 1.29 is 14.2 Å². The quantitative estimate of drug-likeness (QED) is 0.541. The van der Waals surface area contributed by atoms with Crippen LogP contribution in [0.1, 0.15) is 5.56 Å². The minimum absolute atomic E-state index is 0.294. The van der Waals surface area contributed by atoms with Gasteiger partial charge in [-0.1, -0.05) is 17.8 Å². The second-order valence-electron chi connectivity index (χ2n) is 7.33. The van der Waals surface area contributed by atoms with Crippen LogP contribution in [0.15, 0.2) is 59.9 Å². The van der Waals surface area contributed by atoms with Crippen LogP contribution in [0.2, 0.25) is 0 Å². The number of piperazine rings is 1. The number of aromatic nitrogens is 2. The van der Waals surface area contributed by atoms with E-state index in [1.807, 2.05) is 24.3 Å². The number of benzene rings is 2.